The van der Waals surface area contributed by atoms with Crippen molar-refractivity contribution >= 4 is 33.8 Å². The minimum Gasteiger partial charge on any atom is -0.378 e. The molecule has 4 aromatic rings. The number of para-hydroxylation sites is 1. The molecule has 0 saturated carbocycles. The van der Waals surface area contributed by atoms with Gasteiger partial charge in [0.1, 0.15) is 11.4 Å². The summed E-state index contributed by atoms with van der Waals surface area (Å²) in [5.74, 6) is -0.627. The molecule has 1 fully saturated rings. The van der Waals surface area contributed by atoms with Crippen LogP contribution in [0.5, 0.6) is 0 Å². The molecule has 1 aromatic heterocycles. The molecule has 5 rings (SSSR count). The Morgan fingerprint density at radius 2 is 1.54 bits per heavy atom. The van der Waals surface area contributed by atoms with Gasteiger partial charge in [0.05, 0.1) is 18.9 Å². The third-order valence-electron chi connectivity index (χ3n) is 5.99. The van der Waals surface area contributed by atoms with Gasteiger partial charge in [-0.05, 0) is 42.5 Å². The molecular weight excluding hydrogens is 532 g/mol. The Morgan fingerprint density at radius 1 is 0.892 bits per heavy atom. The zero-order chi connectivity index (χ0) is 25.6. The predicted molar refractivity (Wildman–Crippen MR) is 146 cm³/mol. The van der Waals surface area contributed by atoms with E-state index in [0.717, 1.165) is 15.7 Å². The number of rotatable bonds is 6. The maximum Gasteiger partial charge on any atom is 0.270 e. The Labute approximate surface area is 223 Å². The van der Waals surface area contributed by atoms with Gasteiger partial charge in [0, 0.05) is 40.4 Å². The van der Waals surface area contributed by atoms with Crippen LogP contribution in [0.3, 0.4) is 0 Å². The lowest BCUT2D eigenvalue weighted by molar-refractivity contribution is -0.131. The molecule has 2 amide bonds. The standard InChI is InChI=1S/C29H25BrN4O3/c30-24-13-11-22(12-14-24)28(35)31-26(29(36)33-15-17-37-18-16-33)19-23-20-34(25-9-5-2-6-10-25)32-27(23)21-7-3-1-4-8-21/h1-14,19-20H,15-18H2,(H,31,35)/b26-19-. The quantitative estimate of drug-likeness (QED) is 0.341. The molecule has 0 aliphatic carbocycles. The smallest absolute Gasteiger partial charge is 0.270 e. The average molecular weight is 557 g/mol. The minimum atomic E-state index is -0.364. The van der Waals surface area contributed by atoms with Gasteiger partial charge in [-0.2, -0.15) is 5.10 Å². The Kier molecular flexibility index (Phi) is 7.58. The molecule has 186 valence electrons. The highest BCUT2D eigenvalue weighted by Gasteiger charge is 2.24. The molecule has 0 atom stereocenters. The van der Waals surface area contributed by atoms with Crippen molar-refractivity contribution < 1.29 is 14.3 Å². The van der Waals surface area contributed by atoms with E-state index in [-0.39, 0.29) is 17.5 Å². The van der Waals surface area contributed by atoms with Gasteiger partial charge in [0.2, 0.25) is 0 Å². The lowest BCUT2D eigenvalue weighted by Gasteiger charge is -2.27. The number of halogens is 1. The normalized spacial score (nSPS) is 13.9. The Morgan fingerprint density at radius 3 is 2.22 bits per heavy atom. The van der Waals surface area contributed by atoms with Crippen molar-refractivity contribution in [2.24, 2.45) is 0 Å². The number of ether oxygens (including phenoxy) is 1. The molecule has 3 aromatic carbocycles. The summed E-state index contributed by atoms with van der Waals surface area (Å²) in [5.41, 5.74) is 3.84. The fraction of sp³-hybridized carbons (Fsp3) is 0.138. The molecule has 0 bridgehead atoms. The maximum absolute atomic E-state index is 13.6. The van der Waals surface area contributed by atoms with Crippen LogP contribution in [0.25, 0.3) is 23.0 Å². The third kappa shape index (κ3) is 5.87. The molecular formula is C29H25BrN4O3. The monoisotopic (exact) mass is 556 g/mol. The molecule has 1 aliphatic heterocycles. The maximum atomic E-state index is 13.6. The predicted octanol–water partition coefficient (Wildman–Crippen LogP) is 4.93. The van der Waals surface area contributed by atoms with Crippen LogP contribution in [0.15, 0.2) is 101 Å². The highest BCUT2D eigenvalue weighted by Crippen LogP contribution is 2.26. The van der Waals surface area contributed by atoms with Crippen molar-refractivity contribution in [3.63, 3.8) is 0 Å². The third-order valence-corrected chi connectivity index (χ3v) is 6.52. The van der Waals surface area contributed by atoms with Crippen LogP contribution in [-0.4, -0.2) is 52.8 Å². The molecule has 8 heteroatoms. The summed E-state index contributed by atoms with van der Waals surface area (Å²) in [4.78, 5) is 28.4. The number of carbonyl (C=O) groups excluding carboxylic acids is 2. The Hall–Kier alpha value is -4.01. The summed E-state index contributed by atoms with van der Waals surface area (Å²) >= 11 is 3.39. The van der Waals surface area contributed by atoms with Gasteiger partial charge in [0.25, 0.3) is 11.8 Å². The zero-order valence-electron chi connectivity index (χ0n) is 20.0. The van der Waals surface area contributed by atoms with Gasteiger partial charge in [-0.15, -0.1) is 0 Å². The van der Waals surface area contributed by atoms with Gasteiger partial charge in [0.15, 0.2) is 0 Å². The van der Waals surface area contributed by atoms with E-state index in [1.807, 2.05) is 66.9 Å². The fourth-order valence-electron chi connectivity index (χ4n) is 4.07. The number of benzene rings is 3. The summed E-state index contributed by atoms with van der Waals surface area (Å²) in [5, 5.41) is 7.70. The second-order valence-corrected chi connectivity index (χ2v) is 9.42. The number of nitrogens with zero attached hydrogens (tertiary/aromatic N) is 3. The summed E-state index contributed by atoms with van der Waals surface area (Å²) in [7, 11) is 0. The highest BCUT2D eigenvalue weighted by atomic mass is 79.9. The van der Waals surface area contributed by atoms with Crippen molar-refractivity contribution in [3.05, 3.63) is 112 Å². The second-order valence-electron chi connectivity index (χ2n) is 8.50. The second kappa shape index (κ2) is 11.4. The number of amides is 2. The van der Waals surface area contributed by atoms with Crippen LogP contribution in [-0.2, 0) is 9.53 Å². The van der Waals surface area contributed by atoms with E-state index in [4.69, 9.17) is 9.84 Å². The minimum absolute atomic E-state index is 0.180. The number of hydrogen-bond donors (Lipinski definition) is 1. The van der Waals surface area contributed by atoms with E-state index in [1.54, 1.807) is 39.9 Å². The largest absolute Gasteiger partial charge is 0.378 e. The SMILES string of the molecule is O=C(N/C(=C\c1cn(-c2ccccc2)nc1-c1ccccc1)C(=O)N1CCOCC1)c1ccc(Br)cc1. The molecule has 1 aliphatic rings. The summed E-state index contributed by atoms with van der Waals surface area (Å²) in [6.07, 6.45) is 3.58. The van der Waals surface area contributed by atoms with E-state index in [2.05, 4.69) is 21.2 Å². The fourth-order valence-corrected chi connectivity index (χ4v) is 4.33. The number of hydrogen-bond acceptors (Lipinski definition) is 4. The number of morpholine rings is 1. The molecule has 0 radical (unpaired) electrons. The van der Waals surface area contributed by atoms with Crippen LogP contribution in [0.2, 0.25) is 0 Å². The first-order valence-electron chi connectivity index (χ1n) is 11.9. The van der Waals surface area contributed by atoms with E-state index in [0.29, 0.717) is 43.1 Å². The van der Waals surface area contributed by atoms with E-state index >= 15 is 0 Å². The molecule has 1 N–H and O–H groups in total. The zero-order valence-corrected chi connectivity index (χ0v) is 21.6. The van der Waals surface area contributed by atoms with Gasteiger partial charge in [-0.25, -0.2) is 4.68 Å². The van der Waals surface area contributed by atoms with E-state index in [9.17, 15) is 9.59 Å². The van der Waals surface area contributed by atoms with Gasteiger partial charge in [-0.1, -0.05) is 64.5 Å². The molecule has 2 heterocycles. The molecule has 1 saturated heterocycles. The highest BCUT2D eigenvalue weighted by molar-refractivity contribution is 9.10. The van der Waals surface area contributed by atoms with Crippen LogP contribution >= 0.6 is 15.9 Å². The van der Waals surface area contributed by atoms with E-state index in [1.165, 1.54) is 0 Å². The first-order valence-corrected chi connectivity index (χ1v) is 12.7. The Bertz CT molecular complexity index is 1410. The molecule has 7 nitrogen and oxygen atoms in total. The van der Waals surface area contributed by atoms with Gasteiger partial charge < -0.3 is 15.0 Å². The van der Waals surface area contributed by atoms with Crippen molar-refractivity contribution in [3.8, 4) is 16.9 Å². The first-order chi connectivity index (χ1) is 18.1. The Balaban J connectivity index is 1.58. The van der Waals surface area contributed by atoms with Crippen LogP contribution in [0.1, 0.15) is 15.9 Å². The molecule has 0 spiro atoms. The number of nitrogens with one attached hydrogen (secondary N) is 1. The van der Waals surface area contributed by atoms with Crippen molar-refractivity contribution in [1.29, 1.82) is 0 Å². The van der Waals surface area contributed by atoms with Crippen LogP contribution in [0, 0.1) is 0 Å². The topological polar surface area (TPSA) is 76.5 Å². The number of aromatic nitrogens is 2. The number of carbonyl (C=O) groups is 2. The molecule has 0 unspecified atom stereocenters. The van der Waals surface area contributed by atoms with E-state index < -0.39 is 0 Å². The lowest BCUT2D eigenvalue weighted by atomic mass is 10.1. The molecule has 37 heavy (non-hydrogen) atoms. The summed E-state index contributed by atoms with van der Waals surface area (Å²) in [6, 6.07) is 26.5. The van der Waals surface area contributed by atoms with Crippen molar-refractivity contribution in [2.75, 3.05) is 26.3 Å². The first kappa shape index (κ1) is 24.7. The van der Waals surface area contributed by atoms with Gasteiger partial charge in [-0.3, -0.25) is 9.59 Å². The van der Waals surface area contributed by atoms with Crippen molar-refractivity contribution in [2.45, 2.75) is 0 Å². The van der Waals surface area contributed by atoms with Gasteiger partial charge >= 0.3 is 0 Å². The lowest BCUT2D eigenvalue weighted by Crippen LogP contribution is -2.44. The van der Waals surface area contributed by atoms with Crippen LogP contribution < -0.4 is 5.32 Å². The summed E-state index contributed by atoms with van der Waals surface area (Å²) < 4.78 is 8.07. The van der Waals surface area contributed by atoms with Crippen molar-refractivity contribution in [1.82, 2.24) is 20.0 Å². The van der Waals surface area contributed by atoms with Crippen LogP contribution in [0.4, 0.5) is 0 Å². The average Bonchev–Trinajstić information content (AvgIpc) is 3.38. The summed E-state index contributed by atoms with van der Waals surface area (Å²) in [6.45, 7) is 1.83.